The molecule has 3 rings (SSSR count). The van der Waals surface area contributed by atoms with Crippen molar-refractivity contribution >= 4 is 39.7 Å². The van der Waals surface area contributed by atoms with Crippen molar-refractivity contribution < 1.29 is 22.4 Å². The van der Waals surface area contributed by atoms with Gasteiger partial charge in [-0.3, -0.25) is 9.59 Å². The van der Waals surface area contributed by atoms with Crippen LogP contribution in [0.1, 0.15) is 30.9 Å². The smallest absolute Gasteiger partial charge is 0.329 e. The SMILES string of the molecule is CC(C)CNC(=O)C(=O)N/N=C/c1ccc(CN(Cc2ccccc2)S(=O)(=O)c2ccc(Cl)cc2)o1. The van der Waals surface area contributed by atoms with Crippen molar-refractivity contribution in [3.05, 3.63) is 88.8 Å². The molecule has 3 aromatic rings. The van der Waals surface area contributed by atoms with Crippen LogP contribution in [0.3, 0.4) is 0 Å². The van der Waals surface area contributed by atoms with Gasteiger partial charge in [0.1, 0.15) is 11.5 Å². The highest BCUT2D eigenvalue weighted by atomic mass is 35.5. The molecule has 9 nitrogen and oxygen atoms in total. The highest BCUT2D eigenvalue weighted by molar-refractivity contribution is 7.89. The molecule has 2 aromatic carbocycles. The summed E-state index contributed by atoms with van der Waals surface area (Å²) >= 11 is 5.93. The van der Waals surface area contributed by atoms with Gasteiger partial charge in [0, 0.05) is 18.1 Å². The Labute approximate surface area is 215 Å². The first kappa shape index (κ1) is 27.1. The number of benzene rings is 2. The lowest BCUT2D eigenvalue weighted by Gasteiger charge is -2.21. The number of carbonyl (C=O) groups is 2. The van der Waals surface area contributed by atoms with Crippen molar-refractivity contribution in [2.24, 2.45) is 11.0 Å². The summed E-state index contributed by atoms with van der Waals surface area (Å²) in [6, 6.07) is 18.4. The summed E-state index contributed by atoms with van der Waals surface area (Å²) in [5, 5.41) is 6.65. The zero-order valence-corrected chi connectivity index (χ0v) is 21.4. The molecule has 0 aliphatic carbocycles. The molecular formula is C25H27ClN4O5S. The van der Waals surface area contributed by atoms with Gasteiger partial charge in [0.2, 0.25) is 10.0 Å². The Morgan fingerprint density at radius 1 is 1.00 bits per heavy atom. The predicted octanol–water partition coefficient (Wildman–Crippen LogP) is 3.55. The molecule has 0 saturated carbocycles. The number of hydrogen-bond donors (Lipinski definition) is 2. The number of amides is 2. The van der Waals surface area contributed by atoms with Crippen LogP contribution in [0.5, 0.6) is 0 Å². The molecule has 1 heterocycles. The van der Waals surface area contributed by atoms with Gasteiger partial charge in [-0.15, -0.1) is 0 Å². The highest BCUT2D eigenvalue weighted by Crippen LogP contribution is 2.23. The summed E-state index contributed by atoms with van der Waals surface area (Å²) < 4.78 is 33.8. The van der Waals surface area contributed by atoms with E-state index in [1.165, 1.54) is 34.8 Å². The Bertz CT molecular complexity index is 1310. The fourth-order valence-corrected chi connectivity index (χ4v) is 4.59. The second-order valence-electron chi connectivity index (χ2n) is 8.32. The Kier molecular flexibility index (Phi) is 9.40. The molecule has 0 saturated heterocycles. The van der Waals surface area contributed by atoms with E-state index >= 15 is 0 Å². The molecule has 0 bridgehead atoms. The largest absolute Gasteiger partial charge is 0.459 e. The van der Waals surface area contributed by atoms with Crippen molar-refractivity contribution in [1.82, 2.24) is 15.0 Å². The molecule has 0 fully saturated rings. The molecule has 1 aromatic heterocycles. The van der Waals surface area contributed by atoms with E-state index < -0.39 is 21.8 Å². The number of nitrogens with zero attached hydrogens (tertiary/aromatic N) is 2. The number of carbonyl (C=O) groups excluding carboxylic acids is 2. The molecule has 2 N–H and O–H groups in total. The fraction of sp³-hybridized carbons (Fsp3) is 0.240. The summed E-state index contributed by atoms with van der Waals surface area (Å²) in [5.74, 6) is -0.842. The van der Waals surface area contributed by atoms with E-state index in [0.29, 0.717) is 17.3 Å². The lowest BCUT2D eigenvalue weighted by Crippen LogP contribution is -2.39. The molecular weight excluding hydrogens is 504 g/mol. The minimum absolute atomic E-state index is 0.0440. The van der Waals surface area contributed by atoms with Gasteiger partial charge in [0.05, 0.1) is 17.7 Å². The standard InChI is InChI=1S/C25H27ClN4O5S/c1-18(2)14-27-24(31)25(32)29-28-15-21-10-11-22(35-21)17-30(16-19-6-4-3-5-7-19)36(33,34)23-12-8-20(26)9-13-23/h3-13,15,18H,14,16-17H2,1-2H3,(H,27,31)(H,29,32)/b28-15+. The Morgan fingerprint density at radius 2 is 1.69 bits per heavy atom. The van der Waals surface area contributed by atoms with Crippen molar-refractivity contribution in [3.63, 3.8) is 0 Å². The monoisotopic (exact) mass is 530 g/mol. The molecule has 0 unspecified atom stereocenters. The average molecular weight is 531 g/mol. The lowest BCUT2D eigenvalue weighted by molar-refractivity contribution is -0.139. The van der Waals surface area contributed by atoms with E-state index in [1.54, 1.807) is 12.1 Å². The van der Waals surface area contributed by atoms with Crippen LogP contribution in [0.2, 0.25) is 5.02 Å². The Hall–Kier alpha value is -3.47. The summed E-state index contributed by atoms with van der Waals surface area (Å²) in [6.07, 6.45) is 1.23. The van der Waals surface area contributed by atoms with Crippen LogP contribution in [0.15, 0.2) is 81.1 Å². The third-order valence-electron chi connectivity index (χ3n) is 4.90. The highest BCUT2D eigenvalue weighted by Gasteiger charge is 2.26. The number of rotatable bonds is 10. The number of hydrazone groups is 1. The first-order chi connectivity index (χ1) is 17.1. The maximum atomic E-state index is 13.4. The zero-order valence-electron chi connectivity index (χ0n) is 19.8. The minimum atomic E-state index is -3.87. The number of nitrogens with one attached hydrogen (secondary N) is 2. The van der Waals surface area contributed by atoms with Gasteiger partial charge >= 0.3 is 11.8 Å². The van der Waals surface area contributed by atoms with E-state index in [9.17, 15) is 18.0 Å². The van der Waals surface area contributed by atoms with Gasteiger partial charge in [-0.1, -0.05) is 55.8 Å². The van der Waals surface area contributed by atoms with Crippen molar-refractivity contribution in [1.29, 1.82) is 0 Å². The van der Waals surface area contributed by atoms with Crippen LogP contribution < -0.4 is 10.7 Å². The minimum Gasteiger partial charge on any atom is -0.459 e. The number of sulfonamides is 1. The first-order valence-corrected chi connectivity index (χ1v) is 13.0. The molecule has 0 radical (unpaired) electrons. The third-order valence-corrected chi connectivity index (χ3v) is 6.96. The number of furan rings is 1. The molecule has 11 heteroatoms. The van der Waals surface area contributed by atoms with Gasteiger partial charge in [-0.05, 0) is 47.9 Å². The van der Waals surface area contributed by atoms with Gasteiger partial charge in [-0.25, -0.2) is 13.8 Å². The quantitative estimate of drug-likeness (QED) is 0.236. The first-order valence-electron chi connectivity index (χ1n) is 11.1. The second kappa shape index (κ2) is 12.5. The third kappa shape index (κ3) is 7.77. The lowest BCUT2D eigenvalue weighted by atomic mass is 10.2. The average Bonchev–Trinajstić information content (AvgIpc) is 3.30. The summed E-state index contributed by atoms with van der Waals surface area (Å²) in [7, 11) is -3.87. The molecule has 0 atom stereocenters. The van der Waals surface area contributed by atoms with E-state index in [4.69, 9.17) is 16.0 Å². The topological polar surface area (TPSA) is 121 Å². The van der Waals surface area contributed by atoms with Crippen LogP contribution in [0.25, 0.3) is 0 Å². The van der Waals surface area contributed by atoms with Crippen molar-refractivity contribution in [2.75, 3.05) is 6.54 Å². The fourth-order valence-electron chi connectivity index (χ4n) is 3.07. The summed E-state index contributed by atoms with van der Waals surface area (Å²) in [5.41, 5.74) is 2.94. The number of halogens is 1. The summed E-state index contributed by atoms with van der Waals surface area (Å²) in [4.78, 5) is 23.6. The van der Waals surface area contributed by atoms with Crippen LogP contribution >= 0.6 is 11.6 Å². The Balaban J connectivity index is 1.72. The molecule has 0 aliphatic rings. The normalized spacial score (nSPS) is 11.8. The van der Waals surface area contributed by atoms with Crippen LogP contribution in [0, 0.1) is 5.92 Å². The predicted molar refractivity (Wildman–Crippen MR) is 137 cm³/mol. The molecule has 36 heavy (non-hydrogen) atoms. The van der Waals surface area contributed by atoms with Crippen LogP contribution in [-0.4, -0.2) is 37.3 Å². The van der Waals surface area contributed by atoms with Crippen molar-refractivity contribution in [2.45, 2.75) is 31.8 Å². The van der Waals surface area contributed by atoms with Crippen LogP contribution in [0.4, 0.5) is 0 Å². The van der Waals surface area contributed by atoms with Gasteiger partial charge in [0.25, 0.3) is 0 Å². The molecule has 0 spiro atoms. The van der Waals surface area contributed by atoms with Gasteiger partial charge in [0.15, 0.2) is 0 Å². The van der Waals surface area contributed by atoms with E-state index in [1.807, 2.05) is 44.2 Å². The molecule has 190 valence electrons. The van der Waals surface area contributed by atoms with Gasteiger partial charge in [-0.2, -0.15) is 9.41 Å². The maximum absolute atomic E-state index is 13.4. The molecule has 2 amide bonds. The van der Waals surface area contributed by atoms with E-state index in [2.05, 4.69) is 15.8 Å². The maximum Gasteiger partial charge on any atom is 0.329 e. The molecule has 0 aliphatic heterocycles. The van der Waals surface area contributed by atoms with Crippen LogP contribution in [-0.2, 0) is 32.7 Å². The van der Waals surface area contributed by atoms with Gasteiger partial charge < -0.3 is 9.73 Å². The Morgan fingerprint density at radius 3 is 2.36 bits per heavy atom. The number of hydrogen-bond acceptors (Lipinski definition) is 6. The van der Waals surface area contributed by atoms with E-state index in [0.717, 1.165) is 5.56 Å². The summed E-state index contributed by atoms with van der Waals surface area (Å²) in [6.45, 7) is 4.27. The second-order valence-corrected chi connectivity index (χ2v) is 10.7. The van der Waals surface area contributed by atoms with E-state index in [-0.39, 0.29) is 29.7 Å². The zero-order chi connectivity index (χ0) is 26.1. The van der Waals surface area contributed by atoms with Crippen molar-refractivity contribution in [3.8, 4) is 0 Å².